The van der Waals surface area contributed by atoms with Crippen LogP contribution in [-0.2, 0) is 0 Å². The quantitative estimate of drug-likeness (QED) is 0.671. The molecule has 0 atom stereocenters. The van der Waals surface area contributed by atoms with Gasteiger partial charge in [0.2, 0.25) is 0 Å². The Bertz CT molecular complexity index is 703. The molecule has 0 aliphatic heterocycles. The van der Waals surface area contributed by atoms with Gasteiger partial charge in [-0.05, 0) is 18.2 Å². The Hall–Kier alpha value is -2.43. The number of aromatic carboxylic acids is 1. The molecule has 2 aromatic heterocycles. The zero-order valence-corrected chi connectivity index (χ0v) is 8.04. The smallest absolute Gasteiger partial charge is 0.354 e. The number of fused-ring (bicyclic) bond motifs is 3. The minimum absolute atomic E-state index is 0.0447. The molecule has 3 aromatic rings. The van der Waals surface area contributed by atoms with E-state index in [-0.39, 0.29) is 5.69 Å². The van der Waals surface area contributed by atoms with Crippen molar-refractivity contribution in [3.8, 4) is 0 Å². The van der Waals surface area contributed by atoms with Crippen molar-refractivity contribution in [2.75, 3.05) is 0 Å². The number of carboxylic acids is 1. The molecule has 0 aliphatic carbocycles. The van der Waals surface area contributed by atoms with Crippen molar-refractivity contribution in [3.63, 3.8) is 0 Å². The van der Waals surface area contributed by atoms with Crippen LogP contribution in [0, 0.1) is 0 Å². The fourth-order valence-electron chi connectivity index (χ4n) is 1.69. The molecule has 5 nitrogen and oxygen atoms in total. The maximum absolute atomic E-state index is 10.8. The number of hydrogen-bond acceptors (Lipinski definition) is 4. The zero-order valence-electron chi connectivity index (χ0n) is 8.04. The van der Waals surface area contributed by atoms with Crippen LogP contribution >= 0.6 is 0 Å². The first-order valence-electron chi connectivity index (χ1n) is 4.63. The van der Waals surface area contributed by atoms with Crippen molar-refractivity contribution < 1.29 is 14.4 Å². The molecule has 3 rings (SSSR count). The topological polar surface area (TPSA) is 76.2 Å². The minimum atomic E-state index is -1.03. The number of carboxylic acid groups (broad SMARTS) is 1. The SMILES string of the molecule is O=C(O)c1cc2ccc3noccc3c2n1. The lowest BCUT2D eigenvalue weighted by Gasteiger charge is -1.95. The third kappa shape index (κ3) is 1.15. The number of carbonyl (C=O) groups is 1. The van der Waals surface area contributed by atoms with Crippen LogP contribution in [0.5, 0.6) is 0 Å². The molecular formula is C11H6N2O3. The first-order valence-corrected chi connectivity index (χ1v) is 4.63. The summed E-state index contributed by atoms with van der Waals surface area (Å²) in [4.78, 5) is 14.9. The lowest BCUT2D eigenvalue weighted by Crippen LogP contribution is -1.94. The van der Waals surface area contributed by atoms with E-state index in [1.165, 1.54) is 6.26 Å². The summed E-state index contributed by atoms with van der Waals surface area (Å²) in [5.74, 6) is -1.03. The van der Waals surface area contributed by atoms with Crippen molar-refractivity contribution in [2.24, 2.45) is 0 Å². The van der Waals surface area contributed by atoms with Gasteiger partial charge in [-0.1, -0.05) is 11.2 Å². The Morgan fingerprint density at radius 1 is 1.31 bits per heavy atom. The maximum atomic E-state index is 10.8. The fourth-order valence-corrected chi connectivity index (χ4v) is 1.69. The predicted molar refractivity (Wildman–Crippen MR) is 56.3 cm³/mol. The van der Waals surface area contributed by atoms with Gasteiger partial charge in [0.05, 0.1) is 5.52 Å². The monoisotopic (exact) mass is 214 g/mol. The Kier molecular flexibility index (Phi) is 1.67. The van der Waals surface area contributed by atoms with Gasteiger partial charge in [0.25, 0.3) is 0 Å². The summed E-state index contributed by atoms with van der Waals surface area (Å²) >= 11 is 0. The largest absolute Gasteiger partial charge is 0.477 e. The second kappa shape index (κ2) is 3.03. The molecule has 0 aliphatic rings. The lowest BCUT2D eigenvalue weighted by molar-refractivity contribution is 0.0691. The third-order valence-electron chi connectivity index (χ3n) is 2.42. The van der Waals surface area contributed by atoms with Crippen molar-refractivity contribution >= 4 is 27.8 Å². The van der Waals surface area contributed by atoms with Crippen LogP contribution in [0.1, 0.15) is 10.5 Å². The van der Waals surface area contributed by atoms with Gasteiger partial charge in [-0.2, -0.15) is 0 Å². The highest BCUT2D eigenvalue weighted by Crippen LogP contribution is 2.23. The van der Waals surface area contributed by atoms with Gasteiger partial charge < -0.3 is 9.63 Å². The minimum Gasteiger partial charge on any atom is -0.477 e. The highest BCUT2D eigenvalue weighted by atomic mass is 16.4. The summed E-state index contributed by atoms with van der Waals surface area (Å²) in [5.41, 5.74) is 1.34. The van der Waals surface area contributed by atoms with Crippen LogP contribution in [0.15, 0.2) is 35.1 Å². The fraction of sp³-hybridized carbons (Fsp3) is 0. The normalized spacial score (nSPS) is 11.0. The predicted octanol–water partition coefficient (Wildman–Crippen LogP) is 2.07. The molecule has 0 saturated carbocycles. The molecular weight excluding hydrogens is 208 g/mol. The Morgan fingerprint density at radius 2 is 2.19 bits per heavy atom. The molecule has 1 N–H and O–H groups in total. The second-order valence-electron chi connectivity index (χ2n) is 3.38. The van der Waals surface area contributed by atoms with Crippen LogP contribution < -0.4 is 0 Å². The Balaban J connectivity index is 2.46. The zero-order chi connectivity index (χ0) is 11.1. The van der Waals surface area contributed by atoms with Crippen molar-refractivity contribution in [1.82, 2.24) is 10.1 Å². The number of rotatable bonds is 1. The van der Waals surface area contributed by atoms with E-state index in [0.29, 0.717) is 11.0 Å². The van der Waals surface area contributed by atoms with E-state index in [0.717, 1.165) is 10.8 Å². The van der Waals surface area contributed by atoms with Crippen molar-refractivity contribution in [1.29, 1.82) is 0 Å². The van der Waals surface area contributed by atoms with Gasteiger partial charge in [0.1, 0.15) is 17.5 Å². The molecule has 0 unspecified atom stereocenters. The molecule has 1 aromatic carbocycles. The number of benzene rings is 1. The van der Waals surface area contributed by atoms with E-state index in [1.54, 1.807) is 24.3 Å². The van der Waals surface area contributed by atoms with Crippen molar-refractivity contribution in [3.05, 3.63) is 36.2 Å². The highest BCUT2D eigenvalue weighted by molar-refractivity contribution is 6.06. The Labute approximate surface area is 89.3 Å². The van der Waals surface area contributed by atoms with E-state index in [9.17, 15) is 4.79 Å². The van der Waals surface area contributed by atoms with Crippen LogP contribution in [0.2, 0.25) is 0 Å². The van der Waals surface area contributed by atoms with Gasteiger partial charge in [0, 0.05) is 10.8 Å². The third-order valence-corrected chi connectivity index (χ3v) is 2.42. The molecule has 0 radical (unpaired) electrons. The molecule has 0 fully saturated rings. The first kappa shape index (κ1) is 8.84. The number of hydrogen-bond donors (Lipinski definition) is 1. The van der Waals surface area contributed by atoms with Crippen LogP contribution in [0.3, 0.4) is 0 Å². The molecule has 0 spiro atoms. The van der Waals surface area contributed by atoms with Crippen LogP contribution in [-0.4, -0.2) is 21.2 Å². The number of aromatic nitrogens is 2. The van der Waals surface area contributed by atoms with E-state index in [2.05, 4.69) is 10.1 Å². The molecule has 0 amide bonds. The Morgan fingerprint density at radius 3 is 3.00 bits per heavy atom. The standard InChI is InChI=1S/C11H6N2O3/c14-11(15)9-5-6-1-2-8-7(10(6)12-9)3-4-16-13-8/h1-5H,(H,14,15). The summed E-state index contributed by atoms with van der Waals surface area (Å²) in [7, 11) is 0. The van der Waals surface area contributed by atoms with Crippen LogP contribution in [0.25, 0.3) is 21.8 Å². The van der Waals surface area contributed by atoms with Gasteiger partial charge in [0.15, 0.2) is 0 Å². The second-order valence-corrected chi connectivity index (χ2v) is 3.38. The van der Waals surface area contributed by atoms with Crippen LogP contribution in [0.4, 0.5) is 0 Å². The van der Waals surface area contributed by atoms with E-state index >= 15 is 0 Å². The molecule has 5 heteroatoms. The average molecular weight is 214 g/mol. The van der Waals surface area contributed by atoms with Gasteiger partial charge in [-0.25, -0.2) is 9.78 Å². The summed E-state index contributed by atoms with van der Waals surface area (Å²) in [6.45, 7) is 0. The molecule has 16 heavy (non-hydrogen) atoms. The molecule has 2 heterocycles. The number of nitrogens with zero attached hydrogens (tertiary/aromatic N) is 2. The van der Waals surface area contributed by atoms with Gasteiger partial charge in [-0.3, -0.25) is 0 Å². The van der Waals surface area contributed by atoms with Gasteiger partial charge >= 0.3 is 5.97 Å². The summed E-state index contributed by atoms with van der Waals surface area (Å²) in [5, 5.41) is 14.3. The summed E-state index contributed by atoms with van der Waals surface area (Å²) in [6.07, 6.45) is 1.44. The average Bonchev–Trinajstić information content (AvgIpc) is 2.73. The molecule has 0 saturated heterocycles. The molecule has 0 bridgehead atoms. The van der Waals surface area contributed by atoms with E-state index in [1.807, 2.05) is 0 Å². The highest BCUT2D eigenvalue weighted by Gasteiger charge is 2.11. The van der Waals surface area contributed by atoms with E-state index < -0.39 is 5.97 Å². The van der Waals surface area contributed by atoms with E-state index in [4.69, 9.17) is 9.63 Å². The summed E-state index contributed by atoms with van der Waals surface area (Å²) < 4.78 is 4.80. The van der Waals surface area contributed by atoms with Crippen molar-refractivity contribution in [2.45, 2.75) is 0 Å². The van der Waals surface area contributed by atoms with Gasteiger partial charge in [-0.15, -0.1) is 0 Å². The maximum Gasteiger partial charge on any atom is 0.354 e. The summed E-state index contributed by atoms with van der Waals surface area (Å²) in [6, 6.07) is 6.82. The first-order chi connectivity index (χ1) is 7.75. The molecule has 78 valence electrons. The lowest BCUT2D eigenvalue weighted by atomic mass is 10.2.